The van der Waals surface area contributed by atoms with E-state index in [1.54, 1.807) is 0 Å². The van der Waals surface area contributed by atoms with Crippen LogP contribution in [0.25, 0.3) is 0 Å². The molecule has 16 heavy (non-hydrogen) atoms. The second-order valence-corrected chi connectivity index (χ2v) is 3.40. The molecule has 3 nitrogen and oxygen atoms in total. The lowest BCUT2D eigenvalue weighted by Crippen LogP contribution is -2.25. The fourth-order valence-electron chi connectivity index (χ4n) is 1.45. The zero-order chi connectivity index (χ0) is 11.8. The van der Waals surface area contributed by atoms with Crippen molar-refractivity contribution in [1.82, 2.24) is 10.6 Å². The van der Waals surface area contributed by atoms with Gasteiger partial charge in [0, 0.05) is 5.56 Å². The lowest BCUT2D eigenvalue weighted by atomic mass is 10.0. The van der Waals surface area contributed by atoms with E-state index in [4.69, 9.17) is 6.42 Å². The minimum Gasteiger partial charge on any atom is -0.341 e. The number of likely N-dealkylation sites (N-methyl/N-ethyl adjacent to an activating group) is 1. The maximum absolute atomic E-state index is 11.8. The van der Waals surface area contributed by atoms with Gasteiger partial charge in [0.2, 0.25) is 0 Å². The van der Waals surface area contributed by atoms with Crippen molar-refractivity contribution in [2.24, 2.45) is 0 Å². The van der Waals surface area contributed by atoms with Crippen LogP contribution in [-0.4, -0.2) is 26.0 Å². The Balaban J connectivity index is 2.77. The third-order valence-corrected chi connectivity index (χ3v) is 2.26. The quantitative estimate of drug-likeness (QED) is 0.715. The Kier molecular flexibility index (Phi) is 5.10. The minimum absolute atomic E-state index is 0.107. The van der Waals surface area contributed by atoms with E-state index in [1.807, 2.05) is 31.3 Å². The fourth-order valence-corrected chi connectivity index (χ4v) is 1.45. The lowest BCUT2D eigenvalue weighted by molar-refractivity contribution is 0.0958. The van der Waals surface area contributed by atoms with E-state index in [-0.39, 0.29) is 12.5 Å². The molecule has 3 heteroatoms. The van der Waals surface area contributed by atoms with E-state index in [0.717, 1.165) is 18.5 Å². The highest BCUT2D eigenvalue weighted by Crippen LogP contribution is 2.08. The molecule has 0 aliphatic carbocycles. The van der Waals surface area contributed by atoms with Crippen LogP contribution in [0.15, 0.2) is 24.3 Å². The summed E-state index contributed by atoms with van der Waals surface area (Å²) < 4.78 is 0. The molecule has 0 unspecified atom stereocenters. The molecule has 0 bridgehead atoms. The summed E-state index contributed by atoms with van der Waals surface area (Å²) >= 11 is 0. The molecule has 0 saturated carbocycles. The van der Waals surface area contributed by atoms with Crippen molar-refractivity contribution in [2.45, 2.75) is 6.42 Å². The molecule has 1 amide bonds. The van der Waals surface area contributed by atoms with Crippen LogP contribution in [-0.2, 0) is 6.42 Å². The van der Waals surface area contributed by atoms with Crippen LogP contribution < -0.4 is 10.6 Å². The number of terminal acetylenes is 1. The standard InChI is InChI=1S/C13H16N2O/c1-3-9-15-13(16)12-7-5-4-6-11(12)8-10-14-2/h1,4-7,14H,8-10H2,2H3,(H,15,16). The largest absolute Gasteiger partial charge is 0.341 e. The Morgan fingerprint density at radius 3 is 2.88 bits per heavy atom. The summed E-state index contributed by atoms with van der Waals surface area (Å²) in [5.41, 5.74) is 1.74. The molecule has 1 aromatic carbocycles. The number of carbonyl (C=O) groups excluding carboxylic acids is 1. The predicted molar refractivity (Wildman–Crippen MR) is 65.2 cm³/mol. The third-order valence-electron chi connectivity index (χ3n) is 2.26. The smallest absolute Gasteiger partial charge is 0.252 e. The maximum Gasteiger partial charge on any atom is 0.252 e. The molecule has 0 fully saturated rings. The van der Waals surface area contributed by atoms with Gasteiger partial charge in [0.25, 0.3) is 5.91 Å². The lowest BCUT2D eigenvalue weighted by Gasteiger charge is -2.08. The highest BCUT2D eigenvalue weighted by Gasteiger charge is 2.08. The number of hydrogen-bond donors (Lipinski definition) is 2. The van der Waals surface area contributed by atoms with Crippen molar-refractivity contribution < 1.29 is 4.79 Å². The Bertz CT molecular complexity index is 393. The Morgan fingerprint density at radius 1 is 1.44 bits per heavy atom. The molecule has 1 rings (SSSR count). The Hall–Kier alpha value is -1.79. The number of rotatable bonds is 5. The molecule has 0 saturated heterocycles. The fraction of sp³-hybridized carbons (Fsp3) is 0.308. The molecular formula is C13H16N2O. The number of hydrogen-bond acceptors (Lipinski definition) is 2. The molecule has 0 radical (unpaired) electrons. The van der Waals surface area contributed by atoms with Gasteiger partial charge in [-0.1, -0.05) is 24.1 Å². The summed E-state index contributed by atoms with van der Waals surface area (Å²) in [6.45, 7) is 1.11. The van der Waals surface area contributed by atoms with Crippen LogP contribution in [0.5, 0.6) is 0 Å². The van der Waals surface area contributed by atoms with Gasteiger partial charge in [-0.2, -0.15) is 0 Å². The van der Waals surface area contributed by atoms with Gasteiger partial charge < -0.3 is 10.6 Å². The molecule has 0 aromatic heterocycles. The van der Waals surface area contributed by atoms with Gasteiger partial charge in [0.05, 0.1) is 6.54 Å². The molecular weight excluding hydrogens is 200 g/mol. The monoisotopic (exact) mass is 216 g/mol. The van der Waals surface area contributed by atoms with Crippen molar-refractivity contribution >= 4 is 5.91 Å². The van der Waals surface area contributed by atoms with Crippen LogP contribution in [0.2, 0.25) is 0 Å². The van der Waals surface area contributed by atoms with Crippen molar-refractivity contribution in [3.63, 3.8) is 0 Å². The SMILES string of the molecule is C#CCNC(=O)c1ccccc1CCNC. The summed E-state index contributed by atoms with van der Waals surface area (Å²) in [5.74, 6) is 2.28. The van der Waals surface area contributed by atoms with Crippen LogP contribution >= 0.6 is 0 Å². The summed E-state index contributed by atoms with van der Waals surface area (Å²) in [4.78, 5) is 11.8. The van der Waals surface area contributed by atoms with Crippen molar-refractivity contribution in [3.8, 4) is 12.3 Å². The van der Waals surface area contributed by atoms with E-state index in [1.165, 1.54) is 0 Å². The molecule has 1 aromatic rings. The summed E-state index contributed by atoms with van der Waals surface area (Å²) in [6, 6.07) is 7.57. The molecule has 84 valence electrons. The molecule has 0 heterocycles. The van der Waals surface area contributed by atoms with Gasteiger partial charge in [0.15, 0.2) is 0 Å². The first kappa shape index (κ1) is 12.3. The number of nitrogens with one attached hydrogen (secondary N) is 2. The second kappa shape index (κ2) is 6.65. The molecule has 2 N–H and O–H groups in total. The topological polar surface area (TPSA) is 41.1 Å². The van der Waals surface area contributed by atoms with Gasteiger partial charge in [0.1, 0.15) is 0 Å². The van der Waals surface area contributed by atoms with Crippen molar-refractivity contribution in [1.29, 1.82) is 0 Å². The number of amides is 1. The van der Waals surface area contributed by atoms with Crippen LogP contribution in [0.4, 0.5) is 0 Å². The van der Waals surface area contributed by atoms with Gasteiger partial charge in [-0.05, 0) is 31.6 Å². The van der Waals surface area contributed by atoms with E-state index in [2.05, 4.69) is 16.6 Å². The first-order valence-electron chi connectivity index (χ1n) is 5.23. The van der Waals surface area contributed by atoms with E-state index in [0.29, 0.717) is 5.56 Å². The van der Waals surface area contributed by atoms with Crippen molar-refractivity contribution in [3.05, 3.63) is 35.4 Å². The van der Waals surface area contributed by atoms with Crippen LogP contribution in [0.1, 0.15) is 15.9 Å². The normalized spacial score (nSPS) is 9.50. The average Bonchev–Trinajstić information content (AvgIpc) is 2.33. The summed E-state index contributed by atoms with van der Waals surface area (Å²) in [7, 11) is 1.89. The second-order valence-electron chi connectivity index (χ2n) is 3.40. The van der Waals surface area contributed by atoms with E-state index >= 15 is 0 Å². The minimum atomic E-state index is -0.107. The van der Waals surface area contributed by atoms with Gasteiger partial charge in [-0.3, -0.25) is 4.79 Å². The predicted octanol–water partition coefficient (Wildman–Crippen LogP) is 0.812. The summed E-state index contributed by atoms with van der Waals surface area (Å²) in [5, 5.41) is 5.73. The zero-order valence-corrected chi connectivity index (χ0v) is 9.42. The maximum atomic E-state index is 11.8. The van der Waals surface area contributed by atoms with E-state index in [9.17, 15) is 4.79 Å². The van der Waals surface area contributed by atoms with Gasteiger partial charge in [-0.25, -0.2) is 0 Å². The van der Waals surface area contributed by atoms with Gasteiger partial charge >= 0.3 is 0 Å². The Morgan fingerprint density at radius 2 is 2.19 bits per heavy atom. The Labute approximate surface area is 96.2 Å². The summed E-state index contributed by atoms with van der Waals surface area (Å²) in [6.07, 6.45) is 5.93. The third kappa shape index (κ3) is 3.41. The molecule has 0 aliphatic heterocycles. The molecule has 0 spiro atoms. The highest BCUT2D eigenvalue weighted by molar-refractivity contribution is 5.95. The molecule has 0 aliphatic rings. The average molecular weight is 216 g/mol. The van der Waals surface area contributed by atoms with Crippen molar-refractivity contribution in [2.75, 3.05) is 20.1 Å². The highest BCUT2D eigenvalue weighted by atomic mass is 16.1. The number of benzene rings is 1. The van der Waals surface area contributed by atoms with Crippen LogP contribution in [0.3, 0.4) is 0 Å². The first-order chi connectivity index (χ1) is 7.79. The number of carbonyl (C=O) groups is 1. The molecule has 0 atom stereocenters. The zero-order valence-electron chi connectivity index (χ0n) is 9.42. The van der Waals surface area contributed by atoms with E-state index < -0.39 is 0 Å². The first-order valence-corrected chi connectivity index (χ1v) is 5.23. The van der Waals surface area contributed by atoms with Gasteiger partial charge in [-0.15, -0.1) is 6.42 Å². The van der Waals surface area contributed by atoms with Crippen LogP contribution in [0, 0.1) is 12.3 Å².